The van der Waals surface area contributed by atoms with Gasteiger partial charge in [0.15, 0.2) is 0 Å². The number of aliphatic hydroxyl groups is 1. The molecule has 0 aromatic heterocycles. The second-order valence-electron chi connectivity index (χ2n) is 5.83. The molecular weight excluding hydrogens is 266 g/mol. The first-order chi connectivity index (χ1) is 10.2. The molecule has 1 fully saturated rings. The third-order valence-corrected chi connectivity index (χ3v) is 3.96. The molecule has 1 aromatic carbocycles. The minimum absolute atomic E-state index is 0.335. The maximum absolute atomic E-state index is 10.0. The lowest BCUT2D eigenvalue weighted by atomic mass is 9.98. The van der Waals surface area contributed by atoms with Gasteiger partial charge in [-0.3, -0.25) is 0 Å². The van der Waals surface area contributed by atoms with E-state index in [4.69, 9.17) is 9.47 Å². The molecule has 1 aliphatic carbocycles. The number of hydrogen-bond donors (Lipinski definition) is 2. The van der Waals surface area contributed by atoms with Crippen LogP contribution in [-0.2, 0) is 4.74 Å². The van der Waals surface area contributed by atoms with Crippen molar-refractivity contribution in [3.8, 4) is 5.75 Å². The van der Waals surface area contributed by atoms with Crippen molar-refractivity contribution in [1.82, 2.24) is 0 Å². The highest BCUT2D eigenvalue weighted by molar-refractivity contribution is 5.58. The highest BCUT2D eigenvalue weighted by Crippen LogP contribution is 2.25. The molecule has 1 aliphatic rings. The van der Waals surface area contributed by atoms with Crippen LogP contribution in [0.25, 0.3) is 0 Å². The number of nitrogens with one attached hydrogen (secondary N) is 1. The maximum atomic E-state index is 10.0. The minimum Gasteiger partial charge on any atom is -0.495 e. The monoisotopic (exact) mass is 293 g/mol. The third kappa shape index (κ3) is 5.21. The molecule has 118 valence electrons. The second-order valence-corrected chi connectivity index (χ2v) is 5.83. The molecule has 0 bridgehead atoms. The molecule has 0 radical (unpaired) electrons. The first kappa shape index (κ1) is 16.1. The molecule has 2 N–H and O–H groups in total. The van der Waals surface area contributed by atoms with Gasteiger partial charge >= 0.3 is 0 Å². The molecule has 4 nitrogen and oxygen atoms in total. The summed E-state index contributed by atoms with van der Waals surface area (Å²) in [6, 6.07) is 5.96. The summed E-state index contributed by atoms with van der Waals surface area (Å²) < 4.78 is 11.1. The third-order valence-electron chi connectivity index (χ3n) is 3.96. The lowest BCUT2D eigenvalue weighted by Crippen LogP contribution is -2.28. The first-order valence-corrected chi connectivity index (χ1v) is 7.87. The molecule has 0 spiro atoms. The standard InChI is InChI=1S/C17H27NO3/c1-13-8-9-17(20-2)16(10-13)18-11-14(19)12-21-15-6-4-3-5-7-15/h8-10,14-15,18-19H,3-7,11-12H2,1-2H3. The van der Waals surface area contributed by atoms with Crippen molar-refractivity contribution in [2.75, 3.05) is 25.6 Å². The second kappa shape index (κ2) is 8.25. The van der Waals surface area contributed by atoms with Gasteiger partial charge in [0.1, 0.15) is 5.75 Å². The summed E-state index contributed by atoms with van der Waals surface area (Å²) in [6.45, 7) is 2.89. The number of benzene rings is 1. The Balaban J connectivity index is 1.75. The average Bonchev–Trinajstić information content (AvgIpc) is 2.52. The molecule has 4 heteroatoms. The van der Waals surface area contributed by atoms with Gasteiger partial charge in [-0.15, -0.1) is 0 Å². The van der Waals surface area contributed by atoms with Gasteiger partial charge in [-0.05, 0) is 37.5 Å². The summed E-state index contributed by atoms with van der Waals surface area (Å²) in [5.41, 5.74) is 2.07. The number of hydrogen-bond acceptors (Lipinski definition) is 4. The normalized spacial score (nSPS) is 17.5. The zero-order valence-electron chi connectivity index (χ0n) is 13.1. The Labute approximate surface area is 127 Å². The fourth-order valence-electron chi connectivity index (χ4n) is 2.73. The summed E-state index contributed by atoms with van der Waals surface area (Å²) in [7, 11) is 1.65. The van der Waals surface area contributed by atoms with Crippen LogP contribution in [0.15, 0.2) is 18.2 Å². The van der Waals surface area contributed by atoms with E-state index in [0.29, 0.717) is 19.3 Å². The topological polar surface area (TPSA) is 50.7 Å². The summed E-state index contributed by atoms with van der Waals surface area (Å²) in [5, 5.41) is 13.3. The van der Waals surface area contributed by atoms with Crippen molar-refractivity contribution in [2.45, 2.75) is 51.2 Å². The van der Waals surface area contributed by atoms with Crippen LogP contribution in [0.4, 0.5) is 5.69 Å². The van der Waals surface area contributed by atoms with Gasteiger partial charge in [-0.2, -0.15) is 0 Å². The van der Waals surface area contributed by atoms with Crippen molar-refractivity contribution in [3.63, 3.8) is 0 Å². The zero-order chi connectivity index (χ0) is 15.1. The zero-order valence-corrected chi connectivity index (χ0v) is 13.1. The Morgan fingerprint density at radius 2 is 2.05 bits per heavy atom. The molecule has 21 heavy (non-hydrogen) atoms. The van der Waals surface area contributed by atoms with Crippen molar-refractivity contribution >= 4 is 5.69 Å². The van der Waals surface area contributed by atoms with E-state index in [0.717, 1.165) is 29.8 Å². The fraction of sp³-hybridized carbons (Fsp3) is 0.647. The van der Waals surface area contributed by atoms with Crippen molar-refractivity contribution in [1.29, 1.82) is 0 Å². The van der Waals surface area contributed by atoms with Crippen LogP contribution < -0.4 is 10.1 Å². The van der Waals surface area contributed by atoms with Crippen LogP contribution in [0.5, 0.6) is 5.75 Å². The Morgan fingerprint density at radius 3 is 2.76 bits per heavy atom. The Morgan fingerprint density at radius 1 is 1.29 bits per heavy atom. The highest BCUT2D eigenvalue weighted by atomic mass is 16.5. The number of aliphatic hydroxyl groups excluding tert-OH is 1. The number of aryl methyl sites for hydroxylation is 1. The molecule has 0 heterocycles. The van der Waals surface area contributed by atoms with Crippen LogP contribution in [0.3, 0.4) is 0 Å². The van der Waals surface area contributed by atoms with E-state index in [1.165, 1.54) is 19.3 Å². The number of anilines is 1. The van der Waals surface area contributed by atoms with E-state index >= 15 is 0 Å². The van der Waals surface area contributed by atoms with Gasteiger partial charge in [-0.1, -0.05) is 25.3 Å². The largest absolute Gasteiger partial charge is 0.495 e. The van der Waals surface area contributed by atoms with E-state index in [1.807, 2.05) is 25.1 Å². The first-order valence-electron chi connectivity index (χ1n) is 7.87. The van der Waals surface area contributed by atoms with Crippen LogP contribution >= 0.6 is 0 Å². The fourth-order valence-corrected chi connectivity index (χ4v) is 2.73. The van der Waals surface area contributed by atoms with E-state index in [2.05, 4.69) is 5.32 Å². The van der Waals surface area contributed by atoms with Gasteiger partial charge in [0.2, 0.25) is 0 Å². The molecule has 1 saturated carbocycles. The molecule has 0 aliphatic heterocycles. The van der Waals surface area contributed by atoms with Crippen molar-refractivity contribution < 1.29 is 14.6 Å². The molecule has 2 rings (SSSR count). The number of ether oxygens (including phenoxy) is 2. The molecule has 1 aromatic rings. The molecule has 1 unspecified atom stereocenters. The summed E-state index contributed by atoms with van der Waals surface area (Å²) in [4.78, 5) is 0. The van der Waals surface area contributed by atoms with Crippen LogP contribution in [0.1, 0.15) is 37.7 Å². The molecule has 0 amide bonds. The van der Waals surface area contributed by atoms with Gasteiger partial charge < -0.3 is 19.9 Å². The SMILES string of the molecule is COc1ccc(C)cc1NCC(O)COC1CCCCC1. The maximum Gasteiger partial charge on any atom is 0.141 e. The van der Waals surface area contributed by atoms with Crippen LogP contribution in [0, 0.1) is 6.92 Å². The van der Waals surface area contributed by atoms with E-state index in [-0.39, 0.29) is 0 Å². The minimum atomic E-state index is -0.503. The lowest BCUT2D eigenvalue weighted by Gasteiger charge is -2.23. The van der Waals surface area contributed by atoms with E-state index in [1.54, 1.807) is 7.11 Å². The molecule has 0 saturated heterocycles. The Kier molecular flexibility index (Phi) is 6.33. The van der Waals surface area contributed by atoms with Gasteiger partial charge in [0, 0.05) is 6.54 Å². The summed E-state index contributed by atoms with van der Waals surface area (Å²) in [5.74, 6) is 0.793. The average molecular weight is 293 g/mol. The smallest absolute Gasteiger partial charge is 0.141 e. The van der Waals surface area contributed by atoms with E-state index < -0.39 is 6.10 Å². The van der Waals surface area contributed by atoms with Crippen LogP contribution in [-0.4, -0.2) is 37.6 Å². The van der Waals surface area contributed by atoms with Gasteiger partial charge in [0.25, 0.3) is 0 Å². The van der Waals surface area contributed by atoms with Crippen molar-refractivity contribution in [2.24, 2.45) is 0 Å². The van der Waals surface area contributed by atoms with Crippen molar-refractivity contribution in [3.05, 3.63) is 23.8 Å². The molecule has 1 atom stereocenters. The lowest BCUT2D eigenvalue weighted by molar-refractivity contribution is -0.0195. The summed E-state index contributed by atoms with van der Waals surface area (Å²) in [6.07, 6.45) is 5.91. The van der Waals surface area contributed by atoms with Gasteiger partial charge in [0.05, 0.1) is 31.6 Å². The predicted molar refractivity (Wildman–Crippen MR) is 85.1 cm³/mol. The number of methoxy groups -OCH3 is 1. The Hall–Kier alpha value is -1.26. The Bertz CT molecular complexity index is 430. The predicted octanol–water partition coefficient (Wildman–Crippen LogP) is 3.13. The van der Waals surface area contributed by atoms with Gasteiger partial charge in [-0.25, -0.2) is 0 Å². The highest BCUT2D eigenvalue weighted by Gasteiger charge is 2.15. The quantitative estimate of drug-likeness (QED) is 0.811. The van der Waals surface area contributed by atoms with Crippen LogP contribution in [0.2, 0.25) is 0 Å². The summed E-state index contributed by atoms with van der Waals surface area (Å²) >= 11 is 0. The van der Waals surface area contributed by atoms with E-state index in [9.17, 15) is 5.11 Å². The number of rotatable bonds is 7. The molecular formula is C17H27NO3.